The summed E-state index contributed by atoms with van der Waals surface area (Å²) in [6.45, 7) is 3.87. The smallest absolute Gasteiger partial charge is 0.321 e. The molecule has 7 unspecified atom stereocenters. The van der Waals surface area contributed by atoms with Crippen LogP contribution in [-0.4, -0.2) is 91.1 Å². The Bertz CT molecular complexity index is 1560. The molecule has 12 nitrogen and oxygen atoms in total. The molecule has 1 fully saturated rings. The van der Waals surface area contributed by atoms with Gasteiger partial charge < -0.3 is 30.7 Å². The molecule has 2 aromatic rings. The number of aliphatic hydroxyl groups excluding tert-OH is 3. The zero-order chi connectivity index (χ0) is 32.4. The lowest BCUT2D eigenvalue weighted by molar-refractivity contribution is -0.202. The molecule has 0 bridgehead atoms. The first-order valence-electron chi connectivity index (χ1n) is 14.4. The van der Waals surface area contributed by atoms with E-state index in [1.165, 1.54) is 12.1 Å². The zero-order valence-electron chi connectivity index (χ0n) is 24.3. The highest BCUT2D eigenvalue weighted by Crippen LogP contribution is 2.48. The number of halogens is 1. The van der Waals surface area contributed by atoms with Gasteiger partial charge >= 0.3 is 6.03 Å². The van der Waals surface area contributed by atoms with E-state index in [2.05, 4.69) is 10.6 Å². The Labute approximate surface area is 256 Å². The summed E-state index contributed by atoms with van der Waals surface area (Å²) in [5.41, 5.74) is 0.261. The maximum atomic E-state index is 14.4. The maximum absolute atomic E-state index is 14.4. The van der Waals surface area contributed by atoms with E-state index in [-0.39, 0.29) is 16.3 Å². The van der Waals surface area contributed by atoms with E-state index >= 15 is 0 Å². The SMILES string of the molecule is CCCCC1(CC)CS(=O)(=O)c2ccccc2[C@@H](c2cccc(NC(=O)NC3OC(CS(=O)(=O)O)C(F)C(O)C3O)c2)C1O. The number of alkyl halides is 1. The number of hydrogen-bond donors (Lipinski definition) is 6. The molecule has 2 aliphatic heterocycles. The summed E-state index contributed by atoms with van der Waals surface area (Å²) in [4.78, 5) is 13.0. The van der Waals surface area contributed by atoms with Crippen molar-refractivity contribution in [3.63, 3.8) is 0 Å². The molecule has 0 aromatic heterocycles. The molecule has 244 valence electrons. The fourth-order valence-corrected chi connectivity index (χ4v) is 9.13. The van der Waals surface area contributed by atoms with E-state index in [9.17, 15) is 41.3 Å². The van der Waals surface area contributed by atoms with Crippen molar-refractivity contribution in [1.82, 2.24) is 5.32 Å². The summed E-state index contributed by atoms with van der Waals surface area (Å²) >= 11 is 0. The number of carbonyl (C=O) groups excluding carboxylic acids is 1. The van der Waals surface area contributed by atoms with Gasteiger partial charge in [0.05, 0.1) is 16.8 Å². The van der Waals surface area contributed by atoms with E-state index in [4.69, 9.17) is 9.29 Å². The second-order valence-electron chi connectivity index (χ2n) is 11.5. The second kappa shape index (κ2) is 13.4. The van der Waals surface area contributed by atoms with Crippen LogP contribution in [0.5, 0.6) is 0 Å². The topological polar surface area (TPSA) is 200 Å². The fourth-order valence-electron chi connectivity index (χ4n) is 6.18. The number of rotatable bonds is 9. The van der Waals surface area contributed by atoms with Gasteiger partial charge in [0.1, 0.15) is 24.1 Å². The number of fused-ring (bicyclic) bond motifs is 1. The number of hydrogen-bond acceptors (Lipinski definition) is 9. The standard InChI is InChI=1S/C29H39FN2O10S2/c1-3-5-13-29(4-2)16-43(37,38)21-12-7-6-11-19(21)22(26(29)35)17-9-8-10-18(14-17)31-28(36)32-27-25(34)24(33)23(30)20(42-27)15-44(39,40)41/h6-12,14,20,22-27,33-35H,3-5,13,15-16H2,1-2H3,(H2,31,32,36)(H,39,40,41)/t20?,22-,23?,24?,25?,26?,27?,29?/m1/s1. The van der Waals surface area contributed by atoms with Crippen molar-refractivity contribution in [2.24, 2.45) is 5.41 Å². The van der Waals surface area contributed by atoms with Crippen molar-refractivity contribution >= 4 is 31.7 Å². The van der Waals surface area contributed by atoms with Crippen molar-refractivity contribution in [2.75, 3.05) is 16.8 Å². The Balaban J connectivity index is 1.63. The molecule has 44 heavy (non-hydrogen) atoms. The van der Waals surface area contributed by atoms with Crippen LogP contribution in [0.1, 0.15) is 56.6 Å². The second-order valence-corrected chi connectivity index (χ2v) is 15.0. The van der Waals surface area contributed by atoms with Crippen molar-refractivity contribution in [1.29, 1.82) is 0 Å². The largest absolute Gasteiger partial charge is 0.392 e. The van der Waals surface area contributed by atoms with Crippen LogP contribution in [0.2, 0.25) is 0 Å². The maximum Gasteiger partial charge on any atom is 0.321 e. The highest BCUT2D eigenvalue weighted by atomic mass is 32.2. The number of ether oxygens (including phenoxy) is 1. The third-order valence-corrected chi connectivity index (χ3v) is 11.3. The molecule has 8 atom stereocenters. The van der Waals surface area contributed by atoms with Crippen molar-refractivity contribution in [3.05, 3.63) is 59.7 Å². The average molecular weight is 659 g/mol. The Kier molecular flexibility index (Phi) is 10.4. The molecule has 2 aliphatic rings. The number of aliphatic hydroxyl groups is 3. The van der Waals surface area contributed by atoms with E-state index in [1.807, 2.05) is 13.8 Å². The van der Waals surface area contributed by atoms with Gasteiger partial charge in [-0.25, -0.2) is 17.6 Å². The Morgan fingerprint density at radius 3 is 2.45 bits per heavy atom. The highest BCUT2D eigenvalue weighted by Gasteiger charge is 2.49. The Morgan fingerprint density at radius 2 is 1.80 bits per heavy atom. The average Bonchev–Trinajstić information content (AvgIpc) is 3.03. The summed E-state index contributed by atoms with van der Waals surface area (Å²) in [5.74, 6) is -2.18. The fraction of sp³-hybridized carbons (Fsp3) is 0.552. The molecule has 6 N–H and O–H groups in total. The van der Waals surface area contributed by atoms with Gasteiger partial charge in [0.2, 0.25) is 0 Å². The van der Waals surface area contributed by atoms with Crippen LogP contribution in [0.15, 0.2) is 53.4 Å². The molecule has 2 aromatic carbocycles. The lowest BCUT2D eigenvalue weighted by Gasteiger charge is -2.39. The molecule has 2 heterocycles. The summed E-state index contributed by atoms with van der Waals surface area (Å²) in [7, 11) is -8.46. The summed E-state index contributed by atoms with van der Waals surface area (Å²) in [6.07, 6.45) is -8.62. The van der Waals surface area contributed by atoms with Crippen molar-refractivity contribution in [2.45, 2.75) is 87.2 Å². The van der Waals surface area contributed by atoms with Crippen molar-refractivity contribution in [3.8, 4) is 0 Å². The monoisotopic (exact) mass is 658 g/mol. The third-order valence-electron chi connectivity index (χ3n) is 8.56. The predicted octanol–water partition coefficient (Wildman–Crippen LogP) is 2.35. The van der Waals surface area contributed by atoms with Crippen molar-refractivity contribution < 1.29 is 50.6 Å². The summed E-state index contributed by atoms with van der Waals surface area (Å²) < 4.78 is 78.4. The van der Waals surface area contributed by atoms with Gasteiger partial charge in [-0.2, -0.15) is 8.42 Å². The van der Waals surface area contributed by atoms with E-state index in [0.717, 1.165) is 12.8 Å². The molecule has 0 spiro atoms. The molecule has 0 aliphatic carbocycles. The highest BCUT2D eigenvalue weighted by molar-refractivity contribution is 7.91. The number of unbranched alkanes of at least 4 members (excludes halogenated alkanes) is 1. The van der Waals surface area contributed by atoms with Crippen LogP contribution in [0.4, 0.5) is 14.9 Å². The number of urea groups is 1. The number of amides is 2. The molecular weight excluding hydrogens is 619 g/mol. The van der Waals surface area contributed by atoms with Gasteiger partial charge in [-0.15, -0.1) is 0 Å². The normalized spacial score (nSPS) is 31.8. The quantitative estimate of drug-likeness (QED) is 0.217. The van der Waals surface area contributed by atoms with Crippen LogP contribution in [0, 0.1) is 5.41 Å². The summed E-state index contributed by atoms with van der Waals surface area (Å²) in [5, 5.41) is 37.0. The number of anilines is 1. The minimum Gasteiger partial charge on any atom is -0.392 e. The summed E-state index contributed by atoms with van der Waals surface area (Å²) in [6, 6.07) is 12.0. The molecule has 0 radical (unpaired) electrons. The van der Waals surface area contributed by atoms with Gasteiger partial charge in [-0.1, -0.05) is 57.0 Å². The first-order chi connectivity index (χ1) is 20.6. The minimum atomic E-state index is -4.71. The number of nitrogens with one attached hydrogen (secondary N) is 2. The molecule has 4 rings (SSSR count). The van der Waals surface area contributed by atoms with Crippen LogP contribution in [0.25, 0.3) is 0 Å². The molecule has 0 saturated carbocycles. The van der Waals surface area contributed by atoms with Crippen LogP contribution in [0.3, 0.4) is 0 Å². The Morgan fingerprint density at radius 1 is 1.09 bits per heavy atom. The first-order valence-corrected chi connectivity index (χ1v) is 17.7. The van der Waals surface area contributed by atoms with E-state index in [0.29, 0.717) is 24.0 Å². The minimum absolute atomic E-state index is 0.139. The van der Waals surface area contributed by atoms with Crippen LogP contribution >= 0.6 is 0 Å². The van der Waals surface area contributed by atoms with Crippen LogP contribution in [-0.2, 0) is 24.7 Å². The van der Waals surface area contributed by atoms with Gasteiger partial charge in [0.25, 0.3) is 10.1 Å². The molecule has 1 saturated heterocycles. The molecular formula is C29H39FN2O10S2. The zero-order valence-corrected chi connectivity index (χ0v) is 26.0. The third kappa shape index (κ3) is 7.25. The first kappa shape index (κ1) is 34.2. The lowest BCUT2D eigenvalue weighted by atomic mass is 9.69. The van der Waals surface area contributed by atoms with E-state index < -0.39 is 79.9 Å². The van der Waals surface area contributed by atoms with E-state index in [1.54, 1.807) is 36.4 Å². The number of carbonyl (C=O) groups is 1. The predicted molar refractivity (Wildman–Crippen MR) is 159 cm³/mol. The van der Waals surface area contributed by atoms with Gasteiger partial charge in [0.15, 0.2) is 22.2 Å². The number of sulfone groups is 1. The molecule has 15 heteroatoms. The molecule has 2 amide bonds. The van der Waals surface area contributed by atoms with Crippen LogP contribution < -0.4 is 10.6 Å². The van der Waals surface area contributed by atoms with Gasteiger partial charge in [0, 0.05) is 17.0 Å². The van der Waals surface area contributed by atoms with Gasteiger partial charge in [-0.3, -0.25) is 4.55 Å². The number of benzene rings is 2. The van der Waals surface area contributed by atoms with Gasteiger partial charge in [-0.05, 0) is 42.2 Å². The lowest BCUT2D eigenvalue weighted by Crippen LogP contribution is -2.62. The Hall–Kier alpha value is -2.66.